The van der Waals surface area contributed by atoms with Crippen LogP contribution in [0.15, 0.2) is 81.8 Å². The highest BCUT2D eigenvalue weighted by atomic mass is 35.5. The summed E-state index contributed by atoms with van der Waals surface area (Å²) in [6.07, 6.45) is 1.28. The van der Waals surface area contributed by atoms with Crippen molar-refractivity contribution in [2.75, 3.05) is 5.75 Å². The molecule has 0 radical (unpaired) electrons. The molecule has 0 saturated heterocycles. The van der Waals surface area contributed by atoms with Crippen LogP contribution in [0.1, 0.15) is 11.1 Å². The van der Waals surface area contributed by atoms with E-state index >= 15 is 0 Å². The molecule has 0 saturated carbocycles. The summed E-state index contributed by atoms with van der Waals surface area (Å²) in [6.45, 7) is 1.90. The first kappa shape index (κ1) is 24.1. The number of para-hydroxylation sites is 2. The van der Waals surface area contributed by atoms with E-state index in [1.165, 1.54) is 22.9 Å². The summed E-state index contributed by atoms with van der Waals surface area (Å²) in [5, 5.41) is 15.7. The number of hydrogen-bond acceptors (Lipinski definition) is 7. The highest BCUT2D eigenvalue weighted by Gasteiger charge is 2.16. The predicted molar refractivity (Wildman–Crippen MR) is 137 cm³/mol. The van der Waals surface area contributed by atoms with Gasteiger partial charge in [0.1, 0.15) is 5.02 Å². The van der Waals surface area contributed by atoms with Gasteiger partial charge in [-0.25, -0.2) is 10.4 Å². The standard InChI is InChI=1S/C24H18ClN5O4S/c1-15-6-2-5-9-20(15)29-23(32)17-7-3-4-8-19(17)27-24(29)35-14-22(31)28-26-13-16-10-11-18(25)21(12-16)30(33)34/h2-13H,14H2,1H3,(H,28,31)/b26-13+. The maximum Gasteiger partial charge on any atom is 0.288 e. The molecule has 0 fully saturated rings. The number of hydrazone groups is 1. The Morgan fingerprint density at radius 3 is 2.71 bits per heavy atom. The number of nitrogens with zero attached hydrogens (tertiary/aromatic N) is 4. The van der Waals surface area contributed by atoms with E-state index in [0.717, 1.165) is 17.3 Å². The summed E-state index contributed by atoms with van der Waals surface area (Å²) in [4.78, 5) is 40.7. The number of nitro benzene ring substituents is 1. The molecule has 0 unspecified atom stereocenters. The minimum Gasteiger partial charge on any atom is -0.272 e. The lowest BCUT2D eigenvalue weighted by molar-refractivity contribution is -0.384. The summed E-state index contributed by atoms with van der Waals surface area (Å²) < 4.78 is 1.51. The van der Waals surface area contributed by atoms with E-state index in [1.807, 2.05) is 31.2 Å². The Hall–Kier alpha value is -4.02. The van der Waals surface area contributed by atoms with Crippen molar-refractivity contribution in [3.05, 3.63) is 103 Å². The van der Waals surface area contributed by atoms with Crippen LogP contribution in [-0.4, -0.2) is 32.3 Å². The number of hydrogen-bond donors (Lipinski definition) is 1. The second kappa shape index (κ2) is 10.5. The fourth-order valence-corrected chi connectivity index (χ4v) is 4.31. The smallest absolute Gasteiger partial charge is 0.272 e. The Labute approximate surface area is 208 Å². The largest absolute Gasteiger partial charge is 0.288 e. The first-order valence-electron chi connectivity index (χ1n) is 10.3. The van der Waals surface area contributed by atoms with Gasteiger partial charge in [-0.05, 0) is 36.8 Å². The van der Waals surface area contributed by atoms with E-state index in [0.29, 0.717) is 27.3 Å². The Kier molecular flexibility index (Phi) is 7.23. The van der Waals surface area contributed by atoms with Crippen molar-refractivity contribution in [1.82, 2.24) is 15.0 Å². The number of aromatic nitrogens is 2. The maximum absolute atomic E-state index is 13.3. The Balaban J connectivity index is 1.55. The van der Waals surface area contributed by atoms with Crippen molar-refractivity contribution in [2.45, 2.75) is 12.1 Å². The molecule has 1 amide bonds. The molecule has 1 N–H and O–H groups in total. The van der Waals surface area contributed by atoms with Crippen LogP contribution in [0.25, 0.3) is 16.6 Å². The molecule has 9 nitrogen and oxygen atoms in total. The van der Waals surface area contributed by atoms with E-state index in [2.05, 4.69) is 15.5 Å². The quantitative estimate of drug-likeness (QED) is 0.129. The van der Waals surface area contributed by atoms with E-state index in [-0.39, 0.29) is 22.0 Å². The molecule has 11 heteroatoms. The van der Waals surface area contributed by atoms with E-state index < -0.39 is 10.8 Å². The fourth-order valence-electron chi connectivity index (χ4n) is 3.33. The maximum atomic E-state index is 13.3. The van der Waals surface area contributed by atoms with Gasteiger partial charge in [0, 0.05) is 11.6 Å². The van der Waals surface area contributed by atoms with Crippen LogP contribution in [0.4, 0.5) is 5.69 Å². The molecular weight excluding hydrogens is 490 g/mol. The molecule has 0 aliphatic rings. The molecule has 0 aliphatic heterocycles. The van der Waals surface area contributed by atoms with Gasteiger partial charge in [-0.3, -0.25) is 24.3 Å². The molecule has 4 aromatic rings. The van der Waals surface area contributed by atoms with Crippen LogP contribution in [0.3, 0.4) is 0 Å². The zero-order valence-corrected chi connectivity index (χ0v) is 19.9. The second-order valence-electron chi connectivity index (χ2n) is 7.39. The number of halogens is 1. The van der Waals surface area contributed by atoms with E-state index in [9.17, 15) is 19.7 Å². The number of amides is 1. The predicted octanol–water partition coefficient (Wildman–Crippen LogP) is 4.50. The van der Waals surface area contributed by atoms with Gasteiger partial charge in [0.15, 0.2) is 5.16 Å². The minimum absolute atomic E-state index is 0.00942. The lowest BCUT2D eigenvalue weighted by Gasteiger charge is -2.14. The van der Waals surface area contributed by atoms with Crippen molar-refractivity contribution in [2.24, 2.45) is 5.10 Å². The molecule has 3 aromatic carbocycles. The van der Waals surface area contributed by atoms with Crippen LogP contribution >= 0.6 is 23.4 Å². The van der Waals surface area contributed by atoms with Gasteiger partial charge in [0.2, 0.25) is 0 Å². The topological polar surface area (TPSA) is 119 Å². The Morgan fingerprint density at radius 2 is 1.94 bits per heavy atom. The van der Waals surface area contributed by atoms with Gasteiger partial charge < -0.3 is 0 Å². The number of benzene rings is 3. The summed E-state index contributed by atoms with van der Waals surface area (Å²) >= 11 is 6.90. The van der Waals surface area contributed by atoms with Crippen molar-refractivity contribution < 1.29 is 9.72 Å². The third kappa shape index (κ3) is 5.39. The first-order chi connectivity index (χ1) is 16.8. The van der Waals surface area contributed by atoms with Crippen LogP contribution in [0.5, 0.6) is 0 Å². The third-order valence-corrected chi connectivity index (χ3v) is 6.26. The van der Waals surface area contributed by atoms with Crippen LogP contribution in [0.2, 0.25) is 5.02 Å². The van der Waals surface area contributed by atoms with E-state index in [4.69, 9.17) is 11.6 Å². The number of nitro groups is 1. The molecule has 4 rings (SSSR count). The average Bonchev–Trinajstić information content (AvgIpc) is 2.84. The molecule has 0 spiro atoms. The van der Waals surface area contributed by atoms with Gasteiger partial charge in [0.05, 0.1) is 33.5 Å². The first-order valence-corrected chi connectivity index (χ1v) is 11.7. The van der Waals surface area contributed by atoms with E-state index in [1.54, 1.807) is 30.3 Å². The van der Waals surface area contributed by atoms with Gasteiger partial charge in [0.25, 0.3) is 17.2 Å². The number of aryl methyl sites for hydroxylation is 1. The highest BCUT2D eigenvalue weighted by Crippen LogP contribution is 2.25. The van der Waals surface area contributed by atoms with Crippen molar-refractivity contribution in [1.29, 1.82) is 0 Å². The normalized spacial score (nSPS) is 11.1. The number of nitrogens with one attached hydrogen (secondary N) is 1. The van der Waals surface area contributed by atoms with Gasteiger partial charge >= 0.3 is 0 Å². The minimum atomic E-state index is -0.598. The van der Waals surface area contributed by atoms with Gasteiger partial charge in [-0.1, -0.05) is 59.8 Å². The molecule has 176 valence electrons. The number of carbonyl (C=O) groups excluding carboxylic acids is 1. The molecule has 1 aromatic heterocycles. The summed E-state index contributed by atoms with van der Waals surface area (Å²) in [6, 6.07) is 18.7. The van der Waals surface area contributed by atoms with Crippen LogP contribution in [-0.2, 0) is 4.79 Å². The fraction of sp³-hybridized carbons (Fsp3) is 0.0833. The summed E-state index contributed by atoms with van der Waals surface area (Å²) in [7, 11) is 0. The SMILES string of the molecule is Cc1ccccc1-n1c(SCC(=O)N/N=C/c2ccc(Cl)c([N+](=O)[O-])c2)nc2ccccc2c1=O. The zero-order valence-electron chi connectivity index (χ0n) is 18.3. The van der Waals surface area contributed by atoms with Crippen LogP contribution in [0, 0.1) is 17.0 Å². The monoisotopic (exact) mass is 507 g/mol. The van der Waals surface area contributed by atoms with Gasteiger partial charge in [-0.2, -0.15) is 5.10 Å². The summed E-state index contributed by atoms with van der Waals surface area (Å²) in [5.41, 5.74) is 4.40. The third-order valence-electron chi connectivity index (χ3n) is 5.00. The molecule has 0 atom stereocenters. The molecule has 0 bridgehead atoms. The van der Waals surface area contributed by atoms with Crippen molar-refractivity contribution in [3.8, 4) is 5.69 Å². The number of rotatable bonds is 7. The van der Waals surface area contributed by atoms with Crippen molar-refractivity contribution in [3.63, 3.8) is 0 Å². The lowest BCUT2D eigenvalue weighted by atomic mass is 10.2. The zero-order chi connectivity index (χ0) is 24.9. The van der Waals surface area contributed by atoms with Gasteiger partial charge in [-0.15, -0.1) is 0 Å². The number of carbonyl (C=O) groups is 1. The molecule has 35 heavy (non-hydrogen) atoms. The Morgan fingerprint density at radius 1 is 1.20 bits per heavy atom. The molecular formula is C24H18ClN5O4S. The molecule has 1 heterocycles. The lowest BCUT2D eigenvalue weighted by Crippen LogP contribution is -2.24. The number of fused-ring (bicyclic) bond motifs is 1. The van der Waals surface area contributed by atoms with Crippen molar-refractivity contribution >= 4 is 52.1 Å². The molecule has 0 aliphatic carbocycles. The van der Waals surface area contributed by atoms with Crippen LogP contribution < -0.4 is 11.0 Å². The summed E-state index contributed by atoms with van der Waals surface area (Å²) in [5.74, 6) is -0.497. The second-order valence-corrected chi connectivity index (χ2v) is 8.74. The highest BCUT2D eigenvalue weighted by molar-refractivity contribution is 7.99. The average molecular weight is 508 g/mol. The number of thioether (sulfide) groups is 1. The Bertz CT molecular complexity index is 1540.